The van der Waals surface area contributed by atoms with Gasteiger partial charge in [0.1, 0.15) is 30.2 Å². The van der Waals surface area contributed by atoms with Gasteiger partial charge in [0.05, 0.1) is 12.4 Å². The second kappa shape index (κ2) is 24.0. The van der Waals surface area contributed by atoms with E-state index in [1.807, 2.05) is 27.7 Å². The van der Waals surface area contributed by atoms with Crippen LogP contribution in [0.3, 0.4) is 0 Å². The number of guanidine groups is 2. The number of aliphatic imine (C=N–C) groups is 2. The molecule has 17 N–H and O–H groups in total. The highest BCUT2D eigenvalue weighted by molar-refractivity contribution is 5.96. The van der Waals surface area contributed by atoms with Gasteiger partial charge >= 0.3 is 5.97 Å². The van der Waals surface area contributed by atoms with E-state index in [4.69, 9.17) is 28.7 Å². The van der Waals surface area contributed by atoms with Crippen molar-refractivity contribution in [2.75, 3.05) is 13.1 Å². The van der Waals surface area contributed by atoms with E-state index in [9.17, 15) is 33.9 Å². The van der Waals surface area contributed by atoms with E-state index in [1.54, 1.807) is 0 Å². The highest BCUT2D eigenvalue weighted by atomic mass is 16.4. The second-order valence-electron chi connectivity index (χ2n) is 13.5. The number of rotatable bonds is 25. The SMILES string of the molecule is CC[C@H](C)[C@H](N)C(=O)N[C@@H](C)C(=O)N[C@@H](CCCN=C(N)N)C(=O)N[C@@H](Cc1cnc[nH]1)C(=O)N[C@@H](CC(C)C)C(=O)N[C@@H](CCCN=C(N)N)C(=O)O. The van der Waals surface area contributed by atoms with Crippen LogP contribution in [0.5, 0.6) is 0 Å². The molecule has 1 heterocycles. The Labute approximate surface area is 315 Å². The molecule has 0 saturated carbocycles. The van der Waals surface area contributed by atoms with E-state index in [0.717, 1.165) is 0 Å². The Morgan fingerprint density at radius 3 is 1.74 bits per heavy atom. The van der Waals surface area contributed by atoms with Gasteiger partial charge < -0.3 is 65.3 Å². The quantitative estimate of drug-likeness (QED) is 0.0269. The number of nitrogens with two attached hydrogens (primary N) is 5. The summed E-state index contributed by atoms with van der Waals surface area (Å²) in [5, 5.41) is 22.7. The number of carboxylic acid groups (broad SMARTS) is 1. The fraction of sp³-hybridized carbons (Fsp3) is 0.667. The van der Waals surface area contributed by atoms with Crippen molar-refractivity contribution in [1.82, 2.24) is 36.6 Å². The Hall–Kier alpha value is -5.47. The molecule has 5 amide bonds. The van der Waals surface area contributed by atoms with Gasteiger partial charge in [-0.05, 0) is 50.9 Å². The van der Waals surface area contributed by atoms with E-state index in [1.165, 1.54) is 19.4 Å². The molecule has 304 valence electrons. The smallest absolute Gasteiger partial charge is 0.326 e. The van der Waals surface area contributed by atoms with E-state index in [0.29, 0.717) is 12.1 Å². The molecule has 0 unspecified atom stereocenters. The van der Waals surface area contributed by atoms with Crippen molar-refractivity contribution in [2.45, 2.75) is 116 Å². The van der Waals surface area contributed by atoms with Gasteiger partial charge in [-0.3, -0.25) is 34.0 Å². The Morgan fingerprint density at radius 1 is 0.741 bits per heavy atom. The van der Waals surface area contributed by atoms with Crippen LogP contribution in [0, 0.1) is 11.8 Å². The minimum absolute atomic E-state index is 0.0158. The van der Waals surface area contributed by atoms with Crippen molar-refractivity contribution in [2.24, 2.45) is 50.5 Å². The topological polar surface area (TPSA) is 366 Å². The molecule has 0 aliphatic carbocycles. The molecule has 0 spiro atoms. The highest BCUT2D eigenvalue weighted by Gasteiger charge is 2.33. The fourth-order valence-corrected chi connectivity index (χ4v) is 5.06. The Morgan fingerprint density at radius 2 is 1.24 bits per heavy atom. The summed E-state index contributed by atoms with van der Waals surface area (Å²) in [5.41, 5.74) is 28.0. The zero-order chi connectivity index (χ0) is 41.0. The van der Waals surface area contributed by atoms with Crippen LogP contribution in [-0.2, 0) is 35.2 Å². The normalized spacial score (nSPS) is 14.9. The molecule has 0 radical (unpaired) electrons. The van der Waals surface area contributed by atoms with Crippen molar-refractivity contribution < 1.29 is 33.9 Å². The molecule has 0 aromatic carbocycles. The first kappa shape index (κ1) is 46.6. The molecule has 7 atom stereocenters. The minimum Gasteiger partial charge on any atom is -0.480 e. The van der Waals surface area contributed by atoms with Crippen molar-refractivity contribution >= 4 is 47.4 Å². The van der Waals surface area contributed by atoms with E-state index >= 15 is 0 Å². The molecule has 54 heavy (non-hydrogen) atoms. The summed E-state index contributed by atoms with van der Waals surface area (Å²) in [7, 11) is 0. The number of carbonyl (C=O) groups is 6. The number of aromatic amines is 1. The summed E-state index contributed by atoms with van der Waals surface area (Å²) in [4.78, 5) is 93.5. The van der Waals surface area contributed by atoms with Crippen LogP contribution < -0.4 is 55.3 Å². The lowest BCUT2D eigenvalue weighted by molar-refractivity contribution is -0.142. The third kappa shape index (κ3) is 17.8. The van der Waals surface area contributed by atoms with Gasteiger partial charge in [0, 0.05) is 31.4 Å². The third-order valence-corrected chi connectivity index (χ3v) is 8.40. The van der Waals surface area contributed by atoms with Crippen LogP contribution >= 0.6 is 0 Å². The van der Waals surface area contributed by atoms with Gasteiger partial charge in [-0.15, -0.1) is 0 Å². The predicted octanol–water partition coefficient (Wildman–Crippen LogP) is -2.99. The van der Waals surface area contributed by atoms with Crippen LogP contribution in [-0.4, -0.2) is 112 Å². The summed E-state index contributed by atoms with van der Waals surface area (Å²) in [6.45, 7) is 9.05. The van der Waals surface area contributed by atoms with Crippen LogP contribution in [0.2, 0.25) is 0 Å². The Kier molecular flexibility index (Phi) is 20.7. The zero-order valence-electron chi connectivity index (χ0n) is 31.8. The lowest BCUT2D eigenvalue weighted by Crippen LogP contribution is -2.59. The van der Waals surface area contributed by atoms with Gasteiger partial charge in [0.2, 0.25) is 29.5 Å². The summed E-state index contributed by atoms with van der Waals surface area (Å²) in [5.74, 6) is -5.32. The molecule has 21 nitrogen and oxygen atoms in total. The van der Waals surface area contributed by atoms with Crippen molar-refractivity contribution in [3.63, 3.8) is 0 Å². The Balaban J connectivity index is 3.28. The van der Waals surface area contributed by atoms with E-state index in [-0.39, 0.29) is 75.4 Å². The maximum Gasteiger partial charge on any atom is 0.326 e. The molecule has 0 bridgehead atoms. The van der Waals surface area contributed by atoms with Crippen molar-refractivity contribution in [3.8, 4) is 0 Å². The monoisotopic (exact) mass is 764 g/mol. The van der Waals surface area contributed by atoms with Gasteiger partial charge in [-0.1, -0.05) is 34.1 Å². The maximum absolute atomic E-state index is 13.9. The molecular formula is C33H60N14O7. The van der Waals surface area contributed by atoms with Crippen LogP contribution in [0.15, 0.2) is 22.5 Å². The molecule has 0 aliphatic heterocycles. The highest BCUT2D eigenvalue weighted by Crippen LogP contribution is 2.10. The molecule has 1 aromatic heterocycles. The first-order valence-corrected chi connectivity index (χ1v) is 17.9. The largest absolute Gasteiger partial charge is 0.480 e. The summed E-state index contributed by atoms with van der Waals surface area (Å²) in [6, 6.07) is -6.89. The van der Waals surface area contributed by atoms with Crippen LogP contribution in [0.1, 0.15) is 78.8 Å². The molecule has 21 heteroatoms. The average molecular weight is 765 g/mol. The molecule has 1 rings (SSSR count). The number of carboxylic acids is 1. The van der Waals surface area contributed by atoms with Crippen molar-refractivity contribution in [3.05, 3.63) is 18.2 Å². The average Bonchev–Trinajstić information content (AvgIpc) is 3.61. The number of hydrogen-bond acceptors (Lipinski definition) is 10. The minimum atomic E-state index is -1.29. The number of nitrogens with one attached hydrogen (secondary N) is 6. The molecule has 0 aliphatic rings. The first-order valence-electron chi connectivity index (χ1n) is 17.9. The van der Waals surface area contributed by atoms with E-state index in [2.05, 4.69) is 46.5 Å². The first-order chi connectivity index (χ1) is 25.4. The van der Waals surface area contributed by atoms with Crippen LogP contribution in [0.25, 0.3) is 0 Å². The number of amides is 5. The zero-order valence-corrected chi connectivity index (χ0v) is 31.8. The van der Waals surface area contributed by atoms with Gasteiger partial charge in [0.15, 0.2) is 11.9 Å². The summed E-state index contributed by atoms with van der Waals surface area (Å²) < 4.78 is 0. The number of imidazole rings is 1. The molecular weight excluding hydrogens is 704 g/mol. The third-order valence-electron chi connectivity index (χ3n) is 8.40. The fourth-order valence-electron chi connectivity index (χ4n) is 5.06. The van der Waals surface area contributed by atoms with Gasteiger partial charge in [-0.25, -0.2) is 9.78 Å². The number of H-pyrrole nitrogens is 1. The summed E-state index contributed by atoms with van der Waals surface area (Å²) in [6.07, 6.45) is 4.09. The number of hydrogen-bond donors (Lipinski definition) is 12. The lowest BCUT2D eigenvalue weighted by Gasteiger charge is -2.27. The van der Waals surface area contributed by atoms with E-state index < -0.39 is 71.8 Å². The van der Waals surface area contributed by atoms with Gasteiger partial charge in [0.25, 0.3) is 0 Å². The molecule has 0 saturated heterocycles. The molecule has 1 aromatic rings. The molecule has 0 fully saturated rings. The van der Waals surface area contributed by atoms with Gasteiger partial charge in [-0.2, -0.15) is 0 Å². The van der Waals surface area contributed by atoms with Crippen LogP contribution in [0.4, 0.5) is 0 Å². The van der Waals surface area contributed by atoms with Crippen molar-refractivity contribution in [1.29, 1.82) is 0 Å². The maximum atomic E-state index is 13.9. The standard InChI is InChI=1S/C33H60N14O7/c1-6-18(4)25(34)30(52)43-19(5)26(48)44-21(9-7-11-40-32(35)36)27(49)47-24(14-20-15-39-16-42-20)29(51)46-23(13-17(2)3)28(50)45-22(31(53)54)10-8-12-41-33(37)38/h15-19,21-25H,6-14,34H2,1-5H3,(H,39,42)(H,43,52)(H,44,48)(H,45,50)(H,46,51)(H,47,49)(H,53,54)(H4,35,36,40)(H4,37,38,41)/t18-,19-,21-,22-,23-,24-,25-/m0/s1. The predicted molar refractivity (Wildman–Crippen MR) is 202 cm³/mol. The second-order valence-corrected chi connectivity index (χ2v) is 13.5. The number of aliphatic carboxylic acids is 1. The number of aromatic nitrogens is 2. The number of nitrogens with zero attached hydrogens (tertiary/aromatic N) is 3. The Bertz CT molecular complexity index is 1430. The summed E-state index contributed by atoms with van der Waals surface area (Å²) >= 11 is 0. The number of carbonyl (C=O) groups excluding carboxylic acids is 5. The lowest BCUT2D eigenvalue weighted by atomic mass is 9.99.